The molecule has 0 aliphatic heterocycles. The van der Waals surface area contributed by atoms with Crippen molar-refractivity contribution in [2.24, 2.45) is 5.92 Å². The van der Waals surface area contributed by atoms with Crippen LogP contribution < -0.4 is 5.32 Å². The number of nitrogens with one attached hydrogen (secondary N) is 1. The van der Waals surface area contributed by atoms with Crippen molar-refractivity contribution in [2.75, 3.05) is 14.2 Å². The average Bonchev–Trinajstić information content (AvgIpc) is 2.96. The third kappa shape index (κ3) is 3.65. The van der Waals surface area contributed by atoms with Crippen LogP contribution in [0.4, 0.5) is 0 Å². The molecular formula is C11H23NO. The van der Waals surface area contributed by atoms with Gasteiger partial charge in [-0.3, -0.25) is 0 Å². The number of methoxy groups -OCH3 is 1. The lowest BCUT2D eigenvalue weighted by atomic mass is 10.0. The highest BCUT2D eigenvalue weighted by molar-refractivity contribution is 4.80. The monoisotopic (exact) mass is 185 g/mol. The maximum absolute atomic E-state index is 5.44. The lowest BCUT2D eigenvalue weighted by molar-refractivity contribution is 0.0639. The molecule has 1 fully saturated rings. The Kier molecular flexibility index (Phi) is 4.74. The Balaban J connectivity index is 2.21. The van der Waals surface area contributed by atoms with Crippen LogP contribution in [0.5, 0.6) is 0 Å². The van der Waals surface area contributed by atoms with Crippen molar-refractivity contribution in [1.82, 2.24) is 5.32 Å². The molecule has 1 N–H and O–H groups in total. The maximum Gasteiger partial charge on any atom is 0.0721 e. The Hall–Kier alpha value is -0.0800. The summed E-state index contributed by atoms with van der Waals surface area (Å²) in [5, 5.41) is 3.36. The second kappa shape index (κ2) is 5.61. The van der Waals surface area contributed by atoms with Gasteiger partial charge in [0.15, 0.2) is 0 Å². The van der Waals surface area contributed by atoms with Crippen LogP contribution in [0.2, 0.25) is 0 Å². The quantitative estimate of drug-likeness (QED) is 0.656. The van der Waals surface area contributed by atoms with E-state index in [1.165, 1.54) is 25.7 Å². The molecule has 13 heavy (non-hydrogen) atoms. The molecule has 0 spiro atoms. The number of ether oxygens (including phenoxy) is 1. The first-order valence-electron chi connectivity index (χ1n) is 5.51. The van der Waals surface area contributed by atoms with E-state index in [-0.39, 0.29) is 0 Å². The molecule has 2 unspecified atom stereocenters. The van der Waals surface area contributed by atoms with E-state index in [4.69, 9.17) is 4.74 Å². The maximum atomic E-state index is 5.44. The van der Waals surface area contributed by atoms with Gasteiger partial charge < -0.3 is 10.1 Å². The van der Waals surface area contributed by atoms with Gasteiger partial charge in [-0.15, -0.1) is 0 Å². The molecule has 2 nitrogen and oxygen atoms in total. The molecule has 0 aromatic rings. The summed E-state index contributed by atoms with van der Waals surface area (Å²) in [5.74, 6) is 1.03. The van der Waals surface area contributed by atoms with Gasteiger partial charge in [-0.1, -0.05) is 19.8 Å². The van der Waals surface area contributed by atoms with Crippen molar-refractivity contribution in [3.63, 3.8) is 0 Å². The molecular weight excluding hydrogens is 162 g/mol. The van der Waals surface area contributed by atoms with Crippen molar-refractivity contribution in [1.29, 1.82) is 0 Å². The molecule has 0 aromatic heterocycles. The minimum Gasteiger partial charge on any atom is -0.380 e. The van der Waals surface area contributed by atoms with Crippen LogP contribution in [0, 0.1) is 5.92 Å². The van der Waals surface area contributed by atoms with Gasteiger partial charge in [0.1, 0.15) is 0 Å². The van der Waals surface area contributed by atoms with E-state index in [2.05, 4.69) is 12.2 Å². The molecule has 1 aliphatic carbocycles. The third-order valence-electron chi connectivity index (χ3n) is 3.11. The van der Waals surface area contributed by atoms with Crippen molar-refractivity contribution >= 4 is 0 Å². The van der Waals surface area contributed by atoms with E-state index in [0.717, 1.165) is 12.3 Å². The SMILES string of the molecule is CCC(OC)C(CCC1CC1)NC. The fourth-order valence-corrected chi connectivity index (χ4v) is 1.95. The highest BCUT2D eigenvalue weighted by atomic mass is 16.5. The minimum absolute atomic E-state index is 0.392. The molecule has 0 saturated heterocycles. The van der Waals surface area contributed by atoms with Crippen LogP contribution >= 0.6 is 0 Å². The fraction of sp³-hybridized carbons (Fsp3) is 1.00. The molecule has 0 amide bonds. The first kappa shape index (κ1) is 11.0. The predicted molar refractivity (Wildman–Crippen MR) is 55.9 cm³/mol. The molecule has 2 atom stereocenters. The van der Waals surface area contributed by atoms with Gasteiger partial charge >= 0.3 is 0 Å². The standard InChI is InChI=1S/C11H23NO/c1-4-11(13-3)10(12-2)8-7-9-5-6-9/h9-12H,4-8H2,1-3H3. The normalized spacial score (nSPS) is 21.5. The molecule has 1 aliphatic rings. The van der Waals surface area contributed by atoms with Crippen molar-refractivity contribution < 1.29 is 4.74 Å². The number of hydrogen-bond acceptors (Lipinski definition) is 2. The van der Waals surface area contributed by atoms with Gasteiger partial charge in [0.25, 0.3) is 0 Å². The zero-order chi connectivity index (χ0) is 9.68. The highest BCUT2D eigenvalue weighted by Gasteiger charge is 2.24. The summed E-state index contributed by atoms with van der Waals surface area (Å²) >= 11 is 0. The van der Waals surface area contributed by atoms with Crippen LogP contribution in [0.3, 0.4) is 0 Å². The fourth-order valence-electron chi connectivity index (χ4n) is 1.95. The van der Waals surface area contributed by atoms with E-state index < -0.39 is 0 Å². The molecule has 0 aromatic carbocycles. The summed E-state index contributed by atoms with van der Waals surface area (Å²) in [6, 6.07) is 0.551. The van der Waals surface area contributed by atoms with Crippen molar-refractivity contribution in [2.45, 2.75) is 51.2 Å². The van der Waals surface area contributed by atoms with Gasteiger partial charge in [-0.2, -0.15) is 0 Å². The topological polar surface area (TPSA) is 21.3 Å². The Labute approximate surface area is 82.0 Å². The van der Waals surface area contributed by atoms with Gasteiger partial charge in [-0.05, 0) is 32.2 Å². The number of hydrogen-bond donors (Lipinski definition) is 1. The van der Waals surface area contributed by atoms with E-state index in [0.29, 0.717) is 12.1 Å². The van der Waals surface area contributed by atoms with E-state index >= 15 is 0 Å². The second-order valence-corrected chi connectivity index (χ2v) is 4.10. The minimum atomic E-state index is 0.392. The van der Waals surface area contributed by atoms with Gasteiger partial charge in [0.05, 0.1) is 6.10 Å². The van der Waals surface area contributed by atoms with Crippen molar-refractivity contribution in [3.8, 4) is 0 Å². The smallest absolute Gasteiger partial charge is 0.0721 e. The summed E-state index contributed by atoms with van der Waals surface area (Å²) in [7, 11) is 3.86. The van der Waals surface area contributed by atoms with Crippen LogP contribution in [0.15, 0.2) is 0 Å². The average molecular weight is 185 g/mol. The van der Waals surface area contributed by atoms with Crippen LogP contribution in [0.1, 0.15) is 39.0 Å². The van der Waals surface area contributed by atoms with Gasteiger partial charge in [0.2, 0.25) is 0 Å². The van der Waals surface area contributed by atoms with Gasteiger partial charge in [-0.25, -0.2) is 0 Å². The summed E-state index contributed by atoms with van der Waals surface area (Å²) in [6.45, 7) is 2.19. The Morgan fingerprint density at radius 3 is 2.54 bits per heavy atom. The first-order chi connectivity index (χ1) is 6.31. The largest absolute Gasteiger partial charge is 0.380 e. The molecule has 78 valence electrons. The van der Waals surface area contributed by atoms with Crippen LogP contribution in [-0.2, 0) is 4.74 Å². The van der Waals surface area contributed by atoms with E-state index in [1.807, 2.05) is 14.2 Å². The van der Waals surface area contributed by atoms with Crippen molar-refractivity contribution in [3.05, 3.63) is 0 Å². The molecule has 1 saturated carbocycles. The summed E-state index contributed by atoms with van der Waals surface area (Å²) < 4.78 is 5.44. The molecule has 2 heteroatoms. The Morgan fingerprint density at radius 2 is 2.15 bits per heavy atom. The first-order valence-corrected chi connectivity index (χ1v) is 5.51. The molecule has 0 heterocycles. The summed E-state index contributed by atoms with van der Waals surface area (Å²) in [4.78, 5) is 0. The van der Waals surface area contributed by atoms with Crippen LogP contribution in [0.25, 0.3) is 0 Å². The Bertz CT molecular complexity index is 130. The van der Waals surface area contributed by atoms with Crippen LogP contribution in [-0.4, -0.2) is 26.3 Å². The lowest BCUT2D eigenvalue weighted by Crippen LogP contribution is -2.38. The lowest BCUT2D eigenvalue weighted by Gasteiger charge is -2.24. The third-order valence-corrected chi connectivity index (χ3v) is 3.11. The van der Waals surface area contributed by atoms with E-state index in [1.54, 1.807) is 0 Å². The summed E-state index contributed by atoms with van der Waals surface area (Å²) in [5.41, 5.74) is 0. The van der Waals surface area contributed by atoms with E-state index in [9.17, 15) is 0 Å². The molecule has 1 rings (SSSR count). The number of likely N-dealkylation sites (N-methyl/N-ethyl adjacent to an activating group) is 1. The molecule has 0 bridgehead atoms. The predicted octanol–water partition coefficient (Wildman–Crippen LogP) is 2.19. The highest BCUT2D eigenvalue weighted by Crippen LogP contribution is 2.34. The zero-order valence-corrected chi connectivity index (χ0v) is 9.18. The zero-order valence-electron chi connectivity index (χ0n) is 9.18. The molecule has 0 radical (unpaired) electrons. The number of rotatable bonds is 7. The summed E-state index contributed by atoms with van der Waals surface area (Å²) in [6.07, 6.45) is 7.06. The Morgan fingerprint density at radius 1 is 1.46 bits per heavy atom. The second-order valence-electron chi connectivity index (χ2n) is 4.10. The van der Waals surface area contributed by atoms with Gasteiger partial charge in [0, 0.05) is 13.2 Å².